The second-order valence-corrected chi connectivity index (χ2v) is 13.4. The predicted octanol–water partition coefficient (Wildman–Crippen LogP) is 4.85. The zero-order valence-electron chi connectivity index (χ0n) is 15.3. The van der Waals surface area contributed by atoms with Crippen molar-refractivity contribution in [1.82, 2.24) is 0 Å². The van der Waals surface area contributed by atoms with Gasteiger partial charge in [0, 0.05) is 33.9 Å². The maximum atomic E-state index is 14.4. The summed E-state index contributed by atoms with van der Waals surface area (Å²) < 4.78 is 28.3. The van der Waals surface area contributed by atoms with Crippen molar-refractivity contribution in [1.29, 1.82) is 0 Å². The second kappa shape index (κ2) is 7.63. The molecule has 0 N–H and O–H groups in total. The molecule has 3 aromatic rings. The Bertz CT molecular complexity index is 941. The van der Waals surface area contributed by atoms with Crippen LogP contribution in [-0.2, 0) is 9.13 Å². The molecule has 0 bridgehead atoms. The summed E-state index contributed by atoms with van der Waals surface area (Å²) in [5.41, 5.74) is -0.0221. The molecule has 4 rings (SSSR count). The highest BCUT2D eigenvalue weighted by molar-refractivity contribution is 7.80. The van der Waals surface area contributed by atoms with Crippen LogP contribution in [0.2, 0.25) is 0 Å². The second-order valence-electron chi connectivity index (χ2n) is 7.24. The topological polar surface area (TPSA) is 34.1 Å². The molecule has 1 heterocycles. The molecule has 0 aromatic heterocycles. The summed E-state index contributed by atoms with van der Waals surface area (Å²) in [5, 5.41) is 2.67. The summed E-state index contributed by atoms with van der Waals surface area (Å²) in [6.07, 6.45) is 3.04. The van der Waals surface area contributed by atoms with Crippen LogP contribution in [0.4, 0.5) is 0 Å². The lowest BCUT2D eigenvalue weighted by atomic mass is 10.3. The van der Waals surface area contributed by atoms with E-state index in [1.807, 2.05) is 91.0 Å². The fourth-order valence-electron chi connectivity index (χ4n) is 4.19. The molecule has 0 saturated carbocycles. The lowest BCUT2D eigenvalue weighted by molar-refractivity contribution is 0.573. The summed E-state index contributed by atoms with van der Waals surface area (Å²) in [6, 6.07) is 29.3. The van der Waals surface area contributed by atoms with Gasteiger partial charge in [0.2, 0.25) is 0 Å². The van der Waals surface area contributed by atoms with E-state index in [9.17, 15) is 9.13 Å². The summed E-state index contributed by atoms with van der Waals surface area (Å²) in [6.45, 7) is 0. The first kappa shape index (κ1) is 18.5. The third-order valence-electron chi connectivity index (χ3n) is 5.63. The fourth-order valence-corrected chi connectivity index (χ4v) is 11.7. The van der Waals surface area contributed by atoms with Crippen molar-refractivity contribution >= 4 is 30.2 Å². The smallest absolute Gasteiger partial charge is 0.143 e. The molecule has 138 valence electrons. The van der Waals surface area contributed by atoms with Crippen LogP contribution >= 0.6 is 14.3 Å². The van der Waals surface area contributed by atoms with Gasteiger partial charge in [0.1, 0.15) is 14.3 Å². The molecule has 2 atom stereocenters. The maximum absolute atomic E-state index is 14.4. The third-order valence-corrected chi connectivity index (χ3v) is 12.9. The van der Waals surface area contributed by atoms with Crippen LogP contribution in [0.25, 0.3) is 0 Å². The Hall–Kier alpha value is -1.88. The van der Waals surface area contributed by atoms with Gasteiger partial charge in [-0.3, -0.25) is 0 Å². The normalized spacial score (nSPS) is 22.6. The van der Waals surface area contributed by atoms with E-state index in [1.54, 1.807) is 0 Å². The molecule has 0 aliphatic carbocycles. The molecule has 1 fully saturated rings. The molecule has 27 heavy (non-hydrogen) atoms. The Labute approximate surface area is 161 Å². The summed E-state index contributed by atoms with van der Waals surface area (Å²) >= 11 is 0. The van der Waals surface area contributed by atoms with Gasteiger partial charge in [0.05, 0.1) is 0 Å². The van der Waals surface area contributed by atoms with E-state index in [0.717, 1.165) is 34.9 Å². The highest BCUT2D eigenvalue weighted by Gasteiger charge is 2.43. The minimum Gasteiger partial charge on any atom is -0.318 e. The number of benzene rings is 3. The van der Waals surface area contributed by atoms with E-state index >= 15 is 0 Å². The quantitative estimate of drug-likeness (QED) is 0.580. The Morgan fingerprint density at radius 3 is 1.78 bits per heavy atom. The van der Waals surface area contributed by atoms with E-state index in [4.69, 9.17) is 0 Å². The zero-order valence-corrected chi connectivity index (χ0v) is 17.1. The van der Waals surface area contributed by atoms with Gasteiger partial charge in [-0.15, -0.1) is 0 Å². The van der Waals surface area contributed by atoms with Crippen LogP contribution in [0.3, 0.4) is 0 Å². The van der Waals surface area contributed by atoms with E-state index < -0.39 is 14.3 Å². The van der Waals surface area contributed by atoms with Crippen molar-refractivity contribution in [3.05, 3.63) is 91.0 Å². The van der Waals surface area contributed by atoms with E-state index in [-0.39, 0.29) is 5.66 Å². The first-order valence-electron chi connectivity index (χ1n) is 9.48. The van der Waals surface area contributed by atoms with Crippen molar-refractivity contribution in [2.75, 3.05) is 12.3 Å². The monoisotopic (exact) mass is 394 g/mol. The van der Waals surface area contributed by atoms with Gasteiger partial charge in [-0.25, -0.2) is 0 Å². The minimum absolute atomic E-state index is 0.0221. The van der Waals surface area contributed by atoms with Crippen molar-refractivity contribution < 1.29 is 9.13 Å². The number of hydrogen-bond acceptors (Lipinski definition) is 2. The summed E-state index contributed by atoms with van der Waals surface area (Å²) in [4.78, 5) is 0. The first-order chi connectivity index (χ1) is 13.1. The average molecular weight is 394 g/mol. The molecule has 0 spiro atoms. The van der Waals surface area contributed by atoms with Crippen molar-refractivity contribution in [2.45, 2.75) is 18.5 Å². The van der Waals surface area contributed by atoms with Crippen LogP contribution in [0, 0.1) is 0 Å². The Kier molecular flexibility index (Phi) is 5.22. The molecule has 1 saturated heterocycles. The van der Waals surface area contributed by atoms with E-state index in [1.165, 1.54) is 0 Å². The highest BCUT2D eigenvalue weighted by Crippen LogP contribution is 2.61. The number of hydrogen-bond donors (Lipinski definition) is 0. The van der Waals surface area contributed by atoms with Gasteiger partial charge >= 0.3 is 0 Å². The molecule has 0 amide bonds. The molecule has 3 aromatic carbocycles. The molecule has 1 unspecified atom stereocenters. The first-order valence-corrected chi connectivity index (χ1v) is 13.3. The molecular weight excluding hydrogens is 370 g/mol. The predicted molar refractivity (Wildman–Crippen MR) is 116 cm³/mol. The van der Waals surface area contributed by atoms with Gasteiger partial charge in [-0.05, 0) is 12.8 Å². The van der Waals surface area contributed by atoms with Gasteiger partial charge in [-0.1, -0.05) is 91.0 Å². The lowest BCUT2D eigenvalue weighted by Gasteiger charge is -2.27. The Morgan fingerprint density at radius 1 is 0.778 bits per heavy atom. The van der Waals surface area contributed by atoms with Crippen LogP contribution in [0.5, 0.6) is 0 Å². The van der Waals surface area contributed by atoms with E-state index in [0.29, 0.717) is 6.16 Å². The fraction of sp³-hybridized carbons (Fsp3) is 0.217. The lowest BCUT2D eigenvalue weighted by Crippen LogP contribution is -2.26. The van der Waals surface area contributed by atoms with Gasteiger partial charge < -0.3 is 9.13 Å². The zero-order chi connectivity index (χ0) is 18.7. The Balaban J connectivity index is 1.77. The van der Waals surface area contributed by atoms with Crippen molar-refractivity contribution in [3.8, 4) is 0 Å². The van der Waals surface area contributed by atoms with Gasteiger partial charge in [0.15, 0.2) is 0 Å². The van der Waals surface area contributed by atoms with Crippen LogP contribution in [-0.4, -0.2) is 18.0 Å². The standard InChI is InChI=1S/C23H24O2P2/c24-26(20-11-4-1-5-12-20)18-10-17-23(26)19-27(25,21-13-6-2-7-14-21)22-15-8-3-9-16-22/h1-9,11-16,23H,10,17-19H2/t23-,26?/m1/s1. The third kappa shape index (κ3) is 3.49. The van der Waals surface area contributed by atoms with E-state index in [2.05, 4.69) is 0 Å². The van der Waals surface area contributed by atoms with Gasteiger partial charge in [0.25, 0.3) is 0 Å². The SMILES string of the molecule is O=P(C[C@H]1CCCP1(=O)c1ccccc1)(c1ccccc1)c1ccccc1. The average Bonchev–Trinajstić information content (AvgIpc) is 3.11. The van der Waals surface area contributed by atoms with Crippen molar-refractivity contribution in [3.63, 3.8) is 0 Å². The highest BCUT2D eigenvalue weighted by atomic mass is 31.2. The number of rotatable bonds is 5. The molecule has 0 radical (unpaired) electrons. The minimum atomic E-state index is -2.85. The van der Waals surface area contributed by atoms with Crippen LogP contribution in [0.15, 0.2) is 91.0 Å². The van der Waals surface area contributed by atoms with Crippen molar-refractivity contribution in [2.24, 2.45) is 0 Å². The maximum Gasteiger partial charge on any atom is 0.143 e. The molecule has 1 aliphatic rings. The van der Waals surface area contributed by atoms with Crippen LogP contribution in [0.1, 0.15) is 12.8 Å². The van der Waals surface area contributed by atoms with Gasteiger partial charge in [-0.2, -0.15) is 0 Å². The molecule has 1 aliphatic heterocycles. The summed E-state index contributed by atoms with van der Waals surface area (Å²) in [7, 11) is -5.39. The molecule has 4 heteroatoms. The Morgan fingerprint density at radius 2 is 1.26 bits per heavy atom. The molecule has 2 nitrogen and oxygen atoms in total. The largest absolute Gasteiger partial charge is 0.318 e. The molecular formula is C23H24O2P2. The summed E-state index contributed by atoms with van der Waals surface area (Å²) in [5.74, 6) is 0. The van der Waals surface area contributed by atoms with Crippen LogP contribution < -0.4 is 15.9 Å².